The SMILES string of the molecule is O.O=C([O-])CS.O=C([O-])CS.[Ca+2]. The molecule has 0 spiro atoms. The fourth-order valence-corrected chi connectivity index (χ4v) is 0. The third kappa shape index (κ3) is 44.7. The zero-order valence-corrected chi connectivity index (χ0v) is 10.1. The van der Waals surface area contributed by atoms with E-state index in [0.717, 1.165) is 0 Å². The first-order valence-electron chi connectivity index (χ1n) is 2.16. The van der Waals surface area contributed by atoms with Gasteiger partial charge in [0.2, 0.25) is 0 Å². The topological polar surface area (TPSA) is 112 Å². The zero-order chi connectivity index (χ0) is 8.57. The molecule has 0 aromatic rings. The first-order chi connectivity index (χ1) is 4.54. The van der Waals surface area contributed by atoms with Gasteiger partial charge in [0.05, 0.1) is 11.9 Å². The van der Waals surface area contributed by atoms with Crippen LogP contribution in [0.5, 0.6) is 0 Å². The van der Waals surface area contributed by atoms with E-state index in [2.05, 4.69) is 25.3 Å². The maximum Gasteiger partial charge on any atom is 2.00 e. The van der Waals surface area contributed by atoms with E-state index in [-0.39, 0.29) is 54.7 Å². The van der Waals surface area contributed by atoms with Gasteiger partial charge >= 0.3 is 37.7 Å². The van der Waals surface area contributed by atoms with Gasteiger partial charge < -0.3 is 25.3 Å². The van der Waals surface area contributed by atoms with Gasteiger partial charge in [0.1, 0.15) is 0 Å². The van der Waals surface area contributed by atoms with Gasteiger partial charge in [0.15, 0.2) is 0 Å². The first-order valence-corrected chi connectivity index (χ1v) is 3.42. The second kappa shape index (κ2) is 17.8. The van der Waals surface area contributed by atoms with Crippen molar-refractivity contribution >= 4 is 74.9 Å². The molecular formula is C4H8CaO5S2. The molecule has 0 heterocycles. The summed E-state index contributed by atoms with van der Waals surface area (Å²) in [6, 6.07) is 0. The summed E-state index contributed by atoms with van der Waals surface area (Å²) in [4.78, 5) is 18.4. The van der Waals surface area contributed by atoms with Gasteiger partial charge in [-0.1, -0.05) is 0 Å². The van der Waals surface area contributed by atoms with Crippen LogP contribution in [0.25, 0.3) is 0 Å². The molecule has 0 aliphatic carbocycles. The summed E-state index contributed by atoms with van der Waals surface area (Å²) in [7, 11) is 0. The molecule has 2 N–H and O–H groups in total. The number of carbonyl (C=O) groups is 2. The number of hydrogen-bond donors (Lipinski definition) is 2. The molecule has 0 unspecified atom stereocenters. The monoisotopic (exact) mass is 240 g/mol. The smallest absolute Gasteiger partial charge is 0.549 e. The van der Waals surface area contributed by atoms with E-state index >= 15 is 0 Å². The number of carbonyl (C=O) groups excluding carboxylic acids is 2. The third-order valence-electron chi connectivity index (χ3n) is 0.258. The van der Waals surface area contributed by atoms with Crippen LogP contribution in [0, 0.1) is 0 Å². The Labute approximate surface area is 111 Å². The van der Waals surface area contributed by atoms with E-state index in [9.17, 15) is 19.8 Å². The van der Waals surface area contributed by atoms with Gasteiger partial charge in [-0.05, 0) is 0 Å². The Morgan fingerprint density at radius 1 is 1.00 bits per heavy atom. The number of hydrogen-bond acceptors (Lipinski definition) is 6. The van der Waals surface area contributed by atoms with Crippen molar-refractivity contribution in [2.24, 2.45) is 0 Å². The van der Waals surface area contributed by atoms with Crippen LogP contribution >= 0.6 is 25.3 Å². The molecule has 0 aromatic carbocycles. The van der Waals surface area contributed by atoms with Crippen LogP contribution < -0.4 is 10.2 Å². The van der Waals surface area contributed by atoms with E-state index in [1.165, 1.54) is 0 Å². The summed E-state index contributed by atoms with van der Waals surface area (Å²) in [5.41, 5.74) is 0. The molecule has 0 aliphatic heterocycles. The molecular weight excluding hydrogens is 232 g/mol. The van der Waals surface area contributed by atoms with Crippen molar-refractivity contribution in [1.29, 1.82) is 0 Å². The van der Waals surface area contributed by atoms with E-state index in [1.807, 2.05) is 0 Å². The van der Waals surface area contributed by atoms with E-state index in [4.69, 9.17) is 0 Å². The van der Waals surface area contributed by atoms with Crippen molar-refractivity contribution in [2.75, 3.05) is 11.5 Å². The van der Waals surface area contributed by atoms with Crippen LogP contribution in [0.1, 0.15) is 0 Å². The number of thiol groups is 2. The van der Waals surface area contributed by atoms with Gasteiger partial charge in [0, 0.05) is 11.5 Å². The Hall–Kier alpha value is 0.860. The Bertz CT molecular complexity index is 106. The molecule has 0 aliphatic rings. The normalized spacial score (nSPS) is 6.17. The standard InChI is InChI=1S/2C2H4O2S.Ca.H2O/c2*3-2(4)1-5;;/h2*5H,1H2,(H,3,4);;1H2/q;;+2;/p-2. The van der Waals surface area contributed by atoms with Gasteiger partial charge in [-0.2, -0.15) is 25.3 Å². The molecule has 0 aromatic heterocycles. The fraction of sp³-hybridized carbons (Fsp3) is 0.500. The molecule has 68 valence electrons. The zero-order valence-electron chi connectivity index (χ0n) is 6.15. The Kier molecular flexibility index (Phi) is 34.2. The molecule has 0 bridgehead atoms. The molecule has 12 heavy (non-hydrogen) atoms. The fourth-order valence-electron chi connectivity index (χ4n) is 0. The molecule has 0 saturated carbocycles. The summed E-state index contributed by atoms with van der Waals surface area (Å²) < 4.78 is 0. The predicted octanol–water partition coefficient (Wildman–Crippen LogP) is -3.87. The van der Waals surface area contributed by atoms with E-state index in [0.29, 0.717) is 0 Å². The minimum absolute atomic E-state index is 0. The molecule has 0 rings (SSSR count). The second-order valence-electron chi connectivity index (χ2n) is 1.06. The maximum absolute atomic E-state index is 9.18. The molecule has 0 saturated heterocycles. The number of rotatable bonds is 2. The van der Waals surface area contributed by atoms with Crippen LogP contribution in [0.3, 0.4) is 0 Å². The minimum atomic E-state index is -1.13. The summed E-state index contributed by atoms with van der Waals surface area (Å²) in [6.07, 6.45) is 0. The maximum atomic E-state index is 9.18. The summed E-state index contributed by atoms with van der Waals surface area (Å²) >= 11 is 6.71. The molecule has 8 heteroatoms. The molecule has 0 amide bonds. The number of carboxylic acid groups (broad SMARTS) is 2. The first kappa shape index (κ1) is 23.0. The van der Waals surface area contributed by atoms with Crippen LogP contribution in [-0.4, -0.2) is 66.7 Å². The van der Waals surface area contributed by atoms with E-state index < -0.39 is 11.9 Å². The number of carboxylic acids is 2. The Morgan fingerprint density at radius 3 is 1.08 bits per heavy atom. The predicted molar refractivity (Wildman–Crippen MR) is 47.1 cm³/mol. The largest absolute Gasteiger partial charge is 2.00 e. The summed E-state index contributed by atoms with van der Waals surface area (Å²) in [6.45, 7) is 0. The molecule has 0 atom stereocenters. The summed E-state index contributed by atoms with van der Waals surface area (Å²) in [5.74, 6) is -2.65. The van der Waals surface area contributed by atoms with Crippen molar-refractivity contribution in [3.05, 3.63) is 0 Å². The van der Waals surface area contributed by atoms with Crippen LogP contribution in [0.2, 0.25) is 0 Å². The molecule has 0 radical (unpaired) electrons. The van der Waals surface area contributed by atoms with Crippen molar-refractivity contribution < 1.29 is 25.3 Å². The Morgan fingerprint density at radius 2 is 1.08 bits per heavy atom. The van der Waals surface area contributed by atoms with E-state index in [1.54, 1.807) is 0 Å². The second-order valence-corrected chi connectivity index (χ2v) is 1.69. The minimum Gasteiger partial charge on any atom is -0.549 e. The Balaban J connectivity index is -0.0000000457. The quantitative estimate of drug-likeness (QED) is 0.380. The van der Waals surface area contributed by atoms with Crippen molar-refractivity contribution in [3.63, 3.8) is 0 Å². The van der Waals surface area contributed by atoms with Gasteiger partial charge in [-0.3, -0.25) is 0 Å². The molecule has 5 nitrogen and oxygen atoms in total. The van der Waals surface area contributed by atoms with Crippen molar-refractivity contribution in [2.45, 2.75) is 0 Å². The van der Waals surface area contributed by atoms with Crippen molar-refractivity contribution in [3.8, 4) is 0 Å². The van der Waals surface area contributed by atoms with Crippen LogP contribution in [-0.2, 0) is 9.59 Å². The molecule has 0 fully saturated rings. The average molecular weight is 240 g/mol. The third-order valence-corrected chi connectivity index (χ3v) is 0.775. The van der Waals surface area contributed by atoms with Gasteiger partial charge in [-0.25, -0.2) is 0 Å². The van der Waals surface area contributed by atoms with Gasteiger partial charge in [0.25, 0.3) is 0 Å². The van der Waals surface area contributed by atoms with Crippen LogP contribution in [0.4, 0.5) is 0 Å². The van der Waals surface area contributed by atoms with Crippen molar-refractivity contribution in [1.82, 2.24) is 0 Å². The van der Waals surface area contributed by atoms with Crippen LogP contribution in [0.15, 0.2) is 0 Å². The summed E-state index contributed by atoms with van der Waals surface area (Å²) in [5, 5.41) is 18.4. The number of aliphatic carboxylic acids is 2. The van der Waals surface area contributed by atoms with Gasteiger partial charge in [-0.15, -0.1) is 0 Å². The average Bonchev–Trinajstić information content (AvgIpc) is 1.89.